The molecular formula is C15H20N2O5. The number of rotatable bonds is 7. The Bertz CT molecular complexity index is 557. The largest absolute Gasteiger partial charge is 0.483 e. The van der Waals surface area contributed by atoms with Crippen molar-refractivity contribution >= 4 is 17.8 Å². The lowest BCUT2D eigenvalue weighted by Crippen LogP contribution is -2.40. The number of amides is 2. The third kappa shape index (κ3) is 4.76. The van der Waals surface area contributed by atoms with Gasteiger partial charge in [0, 0.05) is 14.1 Å². The molecule has 0 bridgehead atoms. The average Bonchev–Trinajstić information content (AvgIpc) is 2.49. The molecule has 0 saturated carbocycles. The molecule has 2 amide bonds. The highest BCUT2D eigenvalue weighted by molar-refractivity contribution is 5.99. The van der Waals surface area contributed by atoms with Crippen LogP contribution in [-0.2, 0) is 9.59 Å². The minimum Gasteiger partial charge on any atom is -0.483 e. The first-order valence-corrected chi connectivity index (χ1v) is 6.82. The minimum absolute atomic E-state index is 0.189. The molecule has 0 aliphatic carbocycles. The molecule has 0 fully saturated rings. The van der Waals surface area contributed by atoms with Crippen LogP contribution < -0.4 is 10.1 Å². The molecule has 0 heterocycles. The molecule has 1 rings (SSSR count). The van der Waals surface area contributed by atoms with Crippen LogP contribution in [0.2, 0.25) is 0 Å². The van der Waals surface area contributed by atoms with Crippen molar-refractivity contribution in [1.82, 2.24) is 10.2 Å². The fourth-order valence-corrected chi connectivity index (χ4v) is 1.62. The second kappa shape index (κ2) is 8.02. The Balaban J connectivity index is 2.84. The van der Waals surface area contributed by atoms with Crippen molar-refractivity contribution in [2.45, 2.75) is 19.4 Å². The van der Waals surface area contributed by atoms with Crippen molar-refractivity contribution in [1.29, 1.82) is 0 Å². The van der Waals surface area contributed by atoms with Crippen molar-refractivity contribution in [3.05, 3.63) is 29.8 Å². The molecule has 1 aromatic carbocycles. The molecule has 0 aliphatic heterocycles. The van der Waals surface area contributed by atoms with E-state index in [2.05, 4.69) is 5.32 Å². The Labute approximate surface area is 128 Å². The summed E-state index contributed by atoms with van der Waals surface area (Å²) in [7, 11) is 3.20. The standard InChI is InChI=1S/C15H20N2O5/c1-4-11(15(20)21)16-14(19)10-7-5-6-8-12(10)22-9-13(18)17(2)3/h5-8,11H,4,9H2,1-3H3,(H,16,19)(H,20,21). The Morgan fingerprint density at radius 3 is 2.45 bits per heavy atom. The summed E-state index contributed by atoms with van der Waals surface area (Å²) < 4.78 is 5.36. The summed E-state index contributed by atoms with van der Waals surface area (Å²) in [4.78, 5) is 36.1. The van der Waals surface area contributed by atoms with E-state index in [0.29, 0.717) is 0 Å². The number of carboxylic acid groups (broad SMARTS) is 1. The Morgan fingerprint density at radius 1 is 1.27 bits per heavy atom. The Morgan fingerprint density at radius 2 is 1.91 bits per heavy atom. The van der Waals surface area contributed by atoms with E-state index in [4.69, 9.17) is 9.84 Å². The lowest BCUT2D eigenvalue weighted by Gasteiger charge is -2.16. The van der Waals surface area contributed by atoms with Crippen LogP contribution in [0.25, 0.3) is 0 Å². The van der Waals surface area contributed by atoms with Gasteiger partial charge in [0.25, 0.3) is 11.8 Å². The fourth-order valence-electron chi connectivity index (χ4n) is 1.62. The molecule has 0 radical (unpaired) electrons. The number of hydrogen-bond donors (Lipinski definition) is 2. The summed E-state index contributed by atoms with van der Waals surface area (Å²) in [5.41, 5.74) is 0.189. The van der Waals surface area contributed by atoms with E-state index < -0.39 is 17.9 Å². The first kappa shape index (κ1) is 17.5. The van der Waals surface area contributed by atoms with Gasteiger partial charge in [0.05, 0.1) is 5.56 Å². The number of ether oxygens (including phenoxy) is 1. The Hall–Kier alpha value is -2.57. The first-order valence-electron chi connectivity index (χ1n) is 6.82. The molecule has 0 saturated heterocycles. The summed E-state index contributed by atoms with van der Waals surface area (Å²) in [5, 5.41) is 11.4. The normalized spacial score (nSPS) is 11.4. The van der Waals surface area contributed by atoms with Crippen molar-refractivity contribution in [3.8, 4) is 5.75 Å². The zero-order valence-corrected chi connectivity index (χ0v) is 12.8. The third-order valence-electron chi connectivity index (χ3n) is 2.99. The molecule has 0 spiro atoms. The maximum absolute atomic E-state index is 12.2. The van der Waals surface area contributed by atoms with E-state index in [9.17, 15) is 14.4 Å². The van der Waals surface area contributed by atoms with Crippen LogP contribution in [0.1, 0.15) is 23.7 Å². The van der Waals surface area contributed by atoms with Crippen LogP contribution >= 0.6 is 0 Å². The molecule has 2 N–H and O–H groups in total. The smallest absolute Gasteiger partial charge is 0.326 e. The van der Waals surface area contributed by atoms with E-state index in [1.807, 2.05) is 0 Å². The zero-order valence-electron chi connectivity index (χ0n) is 12.8. The van der Waals surface area contributed by atoms with Crippen LogP contribution in [0.4, 0.5) is 0 Å². The van der Waals surface area contributed by atoms with Gasteiger partial charge in [0.15, 0.2) is 6.61 Å². The quantitative estimate of drug-likeness (QED) is 0.775. The number of nitrogens with zero attached hydrogens (tertiary/aromatic N) is 1. The first-order chi connectivity index (χ1) is 10.4. The van der Waals surface area contributed by atoms with E-state index in [0.717, 1.165) is 0 Å². The SMILES string of the molecule is CCC(NC(=O)c1ccccc1OCC(=O)N(C)C)C(=O)O. The van der Waals surface area contributed by atoms with Crippen LogP contribution in [0.5, 0.6) is 5.75 Å². The van der Waals surface area contributed by atoms with Crippen molar-refractivity contribution in [3.63, 3.8) is 0 Å². The average molecular weight is 308 g/mol. The Kier molecular flexibility index (Phi) is 6.37. The van der Waals surface area contributed by atoms with Gasteiger partial charge in [0.1, 0.15) is 11.8 Å². The summed E-state index contributed by atoms with van der Waals surface area (Å²) in [6.07, 6.45) is 0.267. The van der Waals surface area contributed by atoms with Crippen molar-refractivity contribution in [2.75, 3.05) is 20.7 Å². The molecule has 1 aromatic rings. The van der Waals surface area contributed by atoms with E-state index >= 15 is 0 Å². The molecule has 0 aliphatic rings. The number of carboxylic acids is 1. The number of carbonyl (C=O) groups excluding carboxylic acids is 2. The summed E-state index contributed by atoms with van der Waals surface area (Å²) >= 11 is 0. The topological polar surface area (TPSA) is 95.9 Å². The minimum atomic E-state index is -1.10. The number of para-hydroxylation sites is 1. The number of nitrogens with one attached hydrogen (secondary N) is 1. The van der Waals surface area contributed by atoms with Gasteiger partial charge in [-0.3, -0.25) is 9.59 Å². The van der Waals surface area contributed by atoms with Gasteiger partial charge in [-0.15, -0.1) is 0 Å². The molecule has 7 nitrogen and oxygen atoms in total. The van der Waals surface area contributed by atoms with Gasteiger partial charge in [-0.05, 0) is 18.6 Å². The van der Waals surface area contributed by atoms with E-state index in [1.54, 1.807) is 39.2 Å². The predicted molar refractivity (Wildman–Crippen MR) is 79.8 cm³/mol. The highest BCUT2D eigenvalue weighted by Crippen LogP contribution is 2.18. The number of carbonyl (C=O) groups is 3. The summed E-state index contributed by atoms with van der Waals surface area (Å²) in [5.74, 6) is -1.66. The molecular weight excluding hydrogens is 288 g/mol. The fraction of sp³-hybridized carbons (Fsp3) is 0.400. The van der Waals surface area contributed by atoms with Gasteiger partial charge in [0.2, 0.25) is 0 Å². The maximum Gasteiger partial charge on any atom is 0.326 e. The van der Waals surface area contributed by atoms with Gasteiger partial charge in [-0.2, -0.15) is 0 Å². The van der Waals surface area contributed by atoms with Crippen LogP contribution in [-0.4, -0.2) is 54.5 Å². The highest BCUT2D eigenvalue weighted by atomic mass is 16.5. The lowest BCUT2D eigenvalue weighted by atomic mass is 10.1. The monoisotopic (exact) mass is 308 g/mol. The molecule has 1 unspecified atom stereocenters. The van der Waals surface area contributed by atoms with Gasteiger partial charge < -0.3 is 20.1 Å². The highest BCUT2D eigenvalue weighted by Gasteiger charge is 2.21. The van der Waals surface area contributed by atoms with Gasteiger partial charge in [-0.25, -0.2) is 4.79 Å². The second-order valence-corrected chi connectivity index (χ2v) is 4.85. The zero-order chi connectivity index (χ0) is 16.7. The lowest BCUT2D eigenvalue weighted by molar-refractivity contribution is -0.139. The maximum atomic E-state index is 12.2. The van der Waals surface area contributed by atoms with Crippen LogP contribution in [0.3, 0.4) is 0 Å². The molecule has 120 valence electrons. The molecule has 1 atom stereocenters. The number of likely N-dealkylation sites (N-methyl/N-ethyl adjacent to an activating group) is 1. The number of aliphatic carboxylic acids is 1. The molecule has 22 heavy (non-hydrogen) atoms. The third-order valence-corrected chi connectivity index (χ3v) is 2.99. The van der Waals surface area contributed by atoms with Crippen molar-refractivity contribution < 1.29 is 24.2 Å². The molecule has 7 heteroatoms. The van der Waals surface area contributed by atoms with Gasteiger partial charge in [-0.1, -0.05) is 19.1 Å². The second-order valence-electron chi connectivity index (χ2n) is 4.85. The summed E-state index contributed by atoms with van der Waals surface area (Å²) in [6.45, 7) is 1.46. The van der Waals surface area contributed by atoms with Crippen LogP contribution in [0, 0.1) is 0 Å². The molecule has 0 aromatic heterocycles. The predicted octanol–water partition coefficient (Wildman–Crippen LogP) is 0.747. The number of benzene rings is 1. The van der Waals surface area contributed by atoms with E-state index in [1.165, 1.54) is 11.0 Å². The van der Waals surface area contributed by atoms with E-state index in [-0.39, 0.29) is 30.2 Å². The number of hydrogen-bond acceptors (Lipinski definition) is 4. The van der Waals surface area contributed by atoms with Gasteiger partial charge >= 0.3 is 5.97 Å². The summed E-state index contributed by atoms with van der Waals surface area (Å²) in [6, 6.07) is 5.40. The van der Waals surface area contributed by atoms with Crippen molar-refractivity contribution in [2.24, 2.45) is 0 Å². The van der Waals surface area contributed by atoms with Crippen LogP contribution in [0.15, 0.2) is 24.3 Å².